The molecule has 0 spiro atoms. The third-order valence-corrected chi connectivity index (χ3v) is 11.0. The lowest BCUT2D eigenvalue weighted by atomic mass is 9.83. The van der Waals surface area contributed by atoms with Crippen LogP contribution in [0.25, 0.3) is 87.6 Å². The molecule has 8 aromatic carbocycles. The molecule has 0 bridgehead atoms. The first-order chi connectivity index (χ1) is 27.1. The number of rotatable bonds is 5. The summed E-state index contributed by atoms with van der Waals surface area (Å²) in [5.74, 6) is -0.569. The summed E-state index contributed by atoms with van der Waals surface area (Å²) in [7, 11) is 0. The smallest absolute Gasteiger partial charge is 0.131 e. The van der Waals surface area contributed by atoms with Crippen LogP contribution in [0.4, 0.5) is 25.8 Å². The summed E-state index contributed by atoms with van der Waals surface area (Å²) in [5.41, 5.74) is 10.3. The van der Waals surface area contributed by atoms with Gasteiger partial charge >= 0.3 is 0 Å². The molecule has 55 heavy (non-hydrogen) atoms. The maximum Gasteiger partial charge on any atom is 0.131 e. The van der Waals surface area contributed by atoms with Crippen LogP contribution < -0.4 is 4.90 Å². The summed E-state index contributed by atoms with van der Waals surface area (Å²) in [5, 5.41) is 7.69. The molecule has 0 fully saturated rings. The van der Waals surface area contributed by atoms with Crippen LogP contribution in [-0.4, -0.2) is 9.97 Å². The Hall–Kier alpha value is -7.24. The van der Waals surface area contributed by atoms with E-state index in [1.165, 1.54) is 6.07 Å². The molecule has 0 unspecified atom stereocenters. The minimum Gasteiger partial charge on any atom is -0.307 e. The summed E-state index contributed by atoms with van der Waals surface area (Å²) < 4.78 is 30.9. The number of pyridine rings is 2. The normalized spacial score (nSPS) is 11.8. The number of halogens is 2. The molecule has 2 aromatic heterocycles. The van der Waals surface area contributed by atoms with Crippen LogP contribution >= 0.6 is 0 Å². The fourth-order valence-corrected chi connectivity index (χ4v) is 8.76. The predicted octanol–water partition coefficient (Wildman–Crippen LogP) is 13.8. The standard InChI is InChI=1S/C50H29F2N3/c51-33-15-17-37-32(23-33)24-41-40-26-44-45(27-43(40)50-46(52)20-19-38(37)49(41)50)47(30-9-3-1-4-10-30)39-18-16-34(25-42(39)48(44)31-11-5-2-6-12-31)55(35-13-7-21-53-28-35)36-14-8-22-54-29-36/h1-29H. The fraction of sp³-hybridized carbons (Fsp3) is 0. The molecule has 0 amide bonds. The van der Waals surface area contributed by atoms with Crippen molar-refractivity contribution < 1.29 is 8.78 Å². The highest BCUT2D eigenvalue weighted by Crippen LogP contribution is 2.55. The molecule has 5 heteroatoms. The van der Waals surface area contributed by atoms with Gasteiger partial charge in [0.1, 0.15) is 11.6 Å². The number of aromatic nitrogens is 2. The zero-order valence-electron chi connectivity index (χ0n) is 29.3. The Labute approximate surface area is 315 Å². The molecule has 0 N–H and O–H groups in total. The first-order valence-corrected chi connectivity index (χ1v) is 18.3. The van der Waals surface area contributed by atoms with Crippen molar-refractivity contribution in [3.05, 3.63) is 188 Å². The van der Waals surface area contributed by atoms with E-state index in [1.54, 1.807) is 30.6 Å². The van der Waals surface area contributed by atoms with Gasteiger partial charge in [-0.1, -0.05) is 78.9 Å². The highest BCUT2D eigenvalue weighted by atomic mass is 19.1. The van der Waals surface area contributed by atoms with Crippen molar-refractivity contribution in [1.82, 2.24) is 9.97 Å². The Morgan fingerprint density at radius 2 is 1.00 bits per heavy atom. The average Bonchev–Trinajstić information content (AvgIpc) is 3.55. The van der Waals surface area contributed by atoms with Crippen LogP contribution in [0, 0.1) is 11.6 Å². The molecule has 258 valence electrons. The van der Waals surface area contributed by atoms with E-state index in [0.717, 1.165) is 99.1 Å². The Balaban J connectivity index is 1.30. The van der Waals surface area contributed by atoms with Crippen molar-refractivity contribution in [1.29, 1.82) is 0 Å². The van der Waals surface area contributed by atoms with E-state index in [1.807, 2.05) is 60.9 Å². The number of hydrogen-bond acceptors (Lipinski definition) is 3. The Kier molecular flexibility index (Phi) is 6.92. The number of fused-ring (bicyclic) bond motifs is 7. The third kappa shape index (κ3) is 4.80. The lowest BCUT2D eigenvalue weighted by Crippen LogP contribution is -2.10. The number of hydrogen-bond donors (Lipinski definition) is 0. The molecule has 0 saturated heterocycles. The SMILES string of the molecule is Fc1ccc2c(c1)cc1c3c(c(F)ccc32)-c2cc3c(-c4ccccc4)c4ccc(N(c5cccnc5)c5cccnc5)cc4c(-c4ccccc4)c3cc2-1. The third-order valence-electron chi connectivity index (χ3n) is 11.0. The van der Waals surface area contributed by atoms with Gasteiger partial charge in [-0.3, -0.25) is 9.97 Å². The van der Waals surface area contributed by atoms with Crippen molar-refractivity contribution in [2.45, 2.75) is 0 Å². The first kappa shape index (κ1) is 31.3. The van der Waals surface area contributed by atoms with Crippen molar-refractivity contribution in [3.8, 4) is 44.5 Å². The molecular weight excluding hydrogens is 681 g/mol. The van der Waals surface area contributed by atoms with Crippen LogP contribution in [0.1, 0.15) is 0 Å². The molecule has 2 heterocycles. The van der Waals surface area contributed by atoms with Gasteiger partial charge in [0.2, 0.25) is 0 Å². The minimum atomic E-state index is -0.300. The van der Waals surface area contributed by atoms with Gasteiger partial charge in [0.05, 0.1) is 23.8 Å². The van der Waals surface area contributed by atoms with E-state index in [9.17, 15) is 4.39 Å². The topological polar surface area (TPSA) is 29.0 Å². The molecule has 1 aliphatic carbocycles. The highest BCUT2D eigenvalue weighted by molar-refractivity contribution is 6.28. The van der Waals surface area contributed by atoms with E-state index in [4.69, 9.17) is 0 Å². The van der Waals surface area contributed by atoms with Crippen molar-refractivity contribution >= 4 is 60.2 Å². The molecule has 0 aliphatic heterocycles. The van der Waals surface area contributed by atoms with Gasteiger partial charge in [-0.25, -0.2) is 8.78 Å². The summed E-state index contributed by atoms with van der Waals surface area (Å²) in [6.07, 6.45) is 7.28. The second kappa shape index (κ2) is 12.2. The van der Waals surface area contributed by atoms with Gasteiger partial charge < -0.3 is 4.90 Å². The molecule has 10 aromatic rings. The monoisotopic (exact) mass is 709 g/mol. The second-order valence-electron chi connectivity index (χ2n) is 14.0. The summed E-state index contributed by atoms with van der Waals surface area (Å²) >= 11 is 0. The lowest BCUT2D eigenvalue weighted by Gasteiger charge is -2.26. The van der Waals surface area contributed by atoms with Gasteiger partial charge in [-0.05, 0) is 149 Å². The molecule has 0 atom stereocenters. The second-order valence-corrected chi connectivity index (χ2v) is 14.0. The number of nitrogens with zero attached hydrogens (tertiary/aromatic N) is 3. The molecule has 0 radical (unpaired) electrons. The number of benzene rings is 8. The van der Waals surface area contributed by atoms with Gasteiger partial charge in [0, 0.05) is 29.0 Å². The van der Waals surface area contributed by atoms with Crippen LogP contribution in [0.2, 0.25) is 0 Å². The largest absolute Gasteiger partial charge is 0.307 e. The first-order valence-electron chi connectivity index (χ1n) is 18.3. The predicted molar refractivity (Wildman–Crippen MR) is 222 cm³/mol. The lowest BCUT2D eigenvalue weighted by molar-refractivity contribution is 0.629. The van der Waals surface area contributed by atoms with Crippen LogP contribution in [-0.2, 0) is 0 Å². The average molecular weight is 710 g/mol. The quantitative estimate of drug-likeness (QED) is 0.132. The van der Waals surface area contributed by atoms with Gasteiger partial charge in [0.15, 0.2) is 0 Å². The van der Waals surface area contributed by atoms with E-state index < -0.39 is 0 Å². The van der Waals surface area contributed by atoms with E-state index >= 15 is 4.39 Å². The zero-order chi connectivity index (χ0) is 36.6. The Morgan fingerprint density at radius 1 is 0.400 bits per heavy atom. The maximum atomic E-state index is 16.2. The minimum absolute atomic E-state index is 0.269. The van der Waals surface area contributed by atoms with Crippen molar-refractivity contribution in [3.63, 3.8) is 0 Å². The molecule has 1 aliphatic rings. The van der Waals surface area contributed by atoms with Crippen molar-refractivity contribution in [2.24, 2.45) is 0 Å². The fourth-order valence-electron chi connectivity index (χ4n) is 8.76. The highest BCUT2D eigenvalue weighted by Gasteiger charge is 2.29. The van der Waals surface area contributed by atoms with E-state index in [0.29, 0.717) is 5.56 Å². The summed E-state index contributed by atoms with van der Waals surface area (Å²) in [6, 6.07) is 50.2. The summed E-state index contributed by atoms with van der Waals surface area (Å²) in [4.78, 5) is 11.1. The Morgan fingerprint density at radius 3 is 1.65 bits per heavy atom. The van der Waals surface area contributed by atoms with Crippen LogP contribution in [0.15, 0.2) is 176 Å². The van der Waals surface area contributed by atoms with Crippen LogP contribution in [0.5, 0.6) is 0 Å². The Bertz CT molecular complexity index is 3110. The van der Waals surface area contributed by atoms with Gasteiger partial charge in [-0.15, -0.1) is 0 Å². The molecular formula is C50H29F2N3. The zero-order valence-corrected chi connectivity index (χ0v) is 29.3. The maximum absolute atomic E-state index is 16.2. The van der Waals surface area contributed by atoms with Gasteiger partial charge in [-0.2, -0.15) is 0 Å². The van der Waals surface area contributed by atoms with E-state index in [-0.39, 0.29) is 11.6 Å². The van der Waals surface area contributed by atoms with Crippen molar-refractivity contribution in [2.75, 3.05) is 4.90 Å². The van der Waals surface area contributed by atoms with Crippen LogP contribution in [0.3, 0.4) is 0 Å². The van der Waals surface area contributed by atoms with E-state index in [2.05, 4.69) is 93.7 Å². The molecule has 3 nitrogen and oxygen atoms in total. The molecule has 11 rings (SSSR count). The summed E-state index contributed by atoms with van der Waals surface area (Å²) in [6.45, 7) is 0. The van der Waals surface area contributed by atoms with Gasteiger partial charge in [0.25, 0.3) is 0 Å². The molecule has 0 saturated carbocycles. The number of anilines is 3.